The second-order valence-electron chi connectivity index (χ2n) is 12.0. The number of nitrogens with one attached hydrogen (secondary N) is 2. The number of carbonyl (C=O) groups excluding carboxylic acids is 2. The first kappa shape index (κ1) is 36.9. The van der Waals surface area contributed by atoms with Gasteiger partial charge in [0.2, 0.25) is 5.88 Å². The summed E-state index contributed by atoms with van der Waals surface area (Å²) in [5.74, 6) is -3.15. The molecule has 0 unspecified atom stereocenters. The number of hydrogen-bond donors (Lipinski definition) is 2. The van der Waals surface area contributed by atoms with Crippen molar-refractivity contribution in [3.63, 3.8) is 0 Å². The Hall–Kier alpha value is -4.35. The second kappa shape index (κ2) is 14.5. The number of imidazole rings is 1. The Kier molecular flexibility index (Phi) is 10.7. The number of aryl methyl sites for hydroxylation is 3. The van der Waals surface area contributed by atoms with Gasteiger partial charge in [-0.3, -0.25) is 9.59 Å². The molecule has 50 heavy (non-hydrogen) atoms. The van der Waals surface area contributed by atoms with Crippen molar-refractivity contribution < 1.29 is 49.4 Å². The van der Waals surface area contributed by atoms with Crippen LogP contribution in [0.5, 0.6) is 5.88 Å². The maximum atomic E-state index is 14.1. The molecule has 3 heterocycles. The lowest BCUT2D eigenvalue weighted by molar-refractivity contribution is -0.182. The number of nitrogens with zero attached hydrogens (tertiary/aromatic N) is 4. The second-order valence-corrected chi connectivity index (χ2v) is 13.2. The van der Waals surface area contributed by atoms with Crippen LogP contribution in [-0.4, -0.2) is 56.6 Å². The highest BCUT2D eigenvalue weighted by Crippen LogP contribution is 2.38. The van der Waals surface area contributed by atoms with E-state index in [2.05, 4.69) is 25.6 Å². The summed E-state index contributed by atoms with van der Waals surface area (Å²) >= 11 is 1.19. The fourth-order valence-electron chi connectivity index (χ4n) is 5.90. The van der Waals surface area contributed by atoms with Crippen molar-refractivity contribution in [3.05, 3.63) is 67.9 Å². The lowest BCUT2D eigenvalue weighted by atomic mass is 9.85. The monoisotopic (exact) mass is 732 g/mol. The summed E-state index contributed by atoms with van der Waals surface area (Å²) in [6.45, 7) is 2.22. The molecule has 0 bridgehead atoms. The average molecular weight is 733 g/mol. The molecule has 1 aromatic carbocycles. The number of benzene rings is 1. The summed E-state index contributed by atoms with van der Waals surface area (Å²) in [5, 5.41) is 6.00. The van der Waals surface area contributed by atoms with Gasteiger partial charge < -0.3 is 19.9 Å². The molecule has 2 N–H and O–H groups in total. The molecule has 1 aliphatic rings. The Morgan fingerprint density at radius 2 is 1.70 bits per heavy atom. The van der Waals surface area contributed by atoms with Crippen LogP contribution < -0.4 is 15.4 Å². The normalized spacial score (nSPS) is 17.0. The first-order valence-corrected chi connectivity index (χ1v) is 16.3. The maximum Gasteiger partial charge on any atom is 0.416 e. The lowest BCUT2D eigenvalue weighted by Crippen LogP contribution is -2.40. The van der Waals surface area contributed by atoms with Crippen molar-refractivity contribution in [1.29, 1.82) is 0 Å². The predicted octanol–water partition coefficient (Wildman–Crippen LogP) is 7.08. The van der Waals surface area contributed by atoms with Crippen LogP contribution in [-0.2, 0) is 26.2 Å². The minimum absolute atomic E-state index is 0.0266. The standard InChI is InChI=1S/C32H32F8N6O3S/c1-15-26(50-16(2)42-15)29(48)41-13-17-4-9-22(32(38,39)40)18(10-17)11-25-44-23-12-21(30(49-14-24(33)34)45-27(23)46(25)3)28(47)43-20-7-5-19(6-8-20)31(35,36)37/h4,9-10,12,19-20,24H,5-8,11,13-14H2,1-3H3,(H,41,48)(H,43,47). The van der Waals surface area contributed by atoms with Crippen LogP contribution in [0.3, 0.4) is 0 Å². The van der Waals surface area contributed by atoms with Gasteiger partial charge in [0.05, 0.1) is 22.2 Å². The first-order valence-electron chi connectivity index (χ1n) is 15.5. The van der Waals surface area contributed by atoms with Crippen molar-refractivity contribution >= 4 is 34.3 Å². The minimum Gasteiger partial charge on any atom is -0.471 e. The maximum absolute atomic E-state index is 14.1. The van der Waals surface area contributed by atoms with E-state index in [0.29, 0.717) is 21.1 Å². The number of pyridine rings is 1. The van der Waals surface area contributed by atoms with Crippen molar-refractivity contribution in [2.75, 3.05) is 6.61 Å². The van der Waals surface area contributed by atoms with Gasteiger partial charge in [-0.25, -0.2) is 18.7 Å². The zero-order valence-corrected chi connectivity index (χ0v) is 27.8. The number of amides is 2. The zero-order valence-electron chi connectivity index (χ0n) is 26.9. The van der Waals surface area contributed by atoms with E-state index in [1.54, 1.807) is 13.8 Å². The van der Waals surface area contributed by atoms with Gasteiger partial charge >= 0.3 is 12.4 Å². The predicted molar refractivity (Wildman–Crippen MR) is 166 cm³/mol. The Bertz CT molecular complexity index is 1880. The van der Waals surface area contributed by atoms with Crippen LogP contribution in [0.2, 0.25) is 0 Å². The fourth-order valence-corrected chi connectivity index (χ4v) is 6.73. The van der Waals surface area contributed by atoms with Gasteiger partial charge in [-0.15, -0.1) is 11.3 Å². The number of fused-ring (bicyclic) bond motifs is 1. The van der Waals surface area contributed by atoms with Gasteiger partial charge in [-0.2, -0.15) is 31.3 Å². The van der Waals surface area contributed by atoms with E-state index in [4.69, 9.17) is 4.74 Å². The summed E-state index contributed by atoms with van der Waals surface area (Å²) in [6.07, 6.45) is -12.7. The number of rotatable bonds is 10. The lowest BCUT2D eigenvalue weighted by Gasteiger charge is -2.30. The van der Waals surface area contributed by atoms with E-state index in [9.17, 15) is 44.7 Å². The highest BCUT2D eigenvalue weighted by atomic mass is 32.1. The van der Waals surface area contributed by atoms with Crippen LogP contribution in [0, 0.1) is 19.8 Å². The summed E-state index contributed by atoms with van der Waals surface area (Å²) in [5.41, 5.74) is -0.436. The van der Waals surface area contributed by atoms with Crippen LogP contribution >= 0.6 is 11.3 Å². The highest BCUT2D eigenvalue weighted by molar-refractivity contribution is 7.13. The van der Waals surface area contributed by atoms with E-state index >= 15 is 0 Å². The molecule has 0 atom stereocenters. The third-order valence-electron chi connectivity index (χ3n) is 8.40. The number of carbonyl (C=O) groups is 2. The van der Waals surface area contributed by atoms with Gasteiger partial charge in [-0.05, 0) is 62.8 Å². The Labute approximate surface area is 284 Å². The minimum atomic E-state index is -4.74. The van der Waals surface area contributed by atoms with Crippen molar-refractivity contribution in [2.45, 2.75) is 77.3 Å². The molecule has 3 aromatic heterocycles. The molecule has 270 valence electrons. The molecule has 1 aliphatic carbocycles. The third-order valence-corrected chi connectivity index (χ3v) is 9.48. The number of thiazole rings is 1. The number of alkyl halides is 8. The zero-order chi connectivity index (χ0) is 36.5. The fraction of sp³-hybridized carbons (Fsp3) is 0.469. The quantitative estimate of drug-likeness (QED) is 0.169. The number of hydrogen-bond acceptors (Lipinski definition) is 7. The van der Waals surface area contributed by atoms with Gasteiger partial charge in [-0.1, -0.05) is 12.1 Å². The van der Waals surface area contributed by atoms with E-state index in [-0.39, 0.29) is 66.8 Å². The Balaban J connectivity index is 1.42. The number of halogens is 8. The Morgan fingerprint density at radius 3 is 2.30 bits per heavy atom. The molecule has 0 saturated heterocycles. The van der Waals surface area contributed by atoms with E-state index in [1.807, 2.05) is 0 Å². The van der Waals surface area contributed by atoms with Crippen LogP contribution in [0.25, 0.3) is 11.2 Å². The molecule has 0 radical (unpaired) electrons. The molecule has 18 heteroatoms. The average Bonchev–Trinajstić information content (AvgIpc) is 3.53. The number of aromatic nitrogens is 4. The topological polar surface area (TPSA) is 111 Å². The molecular formula is C32H32F8N6O3S. The van der Waals surface area contributed by atoms with Crippen LogP contribution in [0.15, 0.2) is 24.3 Å². The third kappa shape index (κ3) is 8.50. The van der Waals surface area contributed by atoms with Crippen LogP contribution in [0.1, 0.15) is 78.9 Å². The van der Waals surface area contributed by atoms with Gasteiger partial charge in [0, 0.05) is 26.1 Å². The van der Waals surface area contributed by atoms with Crippen molar-refractivity contribution in [1.82, 2.24) is 30.2 Å². The largest absolute Gasteiger partial charge is 0.471 e. The first-order chi connectivity index (χ1) is 23.4. The van der Waals surface area contributed by atoms with Crippen molar-refractivity contribution in [3.8, 4) is 5.88 Å². The summed E-state index contributed by atoms with van der Waals surface area (Å²) in [4.78, 5) is 39.1. The molecule has 0 aliphatic heterocycles. The SMILES string of the molecule is Cc1nc(C)c(C(=O)NCc2ccc(C(F)(F)F)c(Cc3nc4cc(C(=O)NC5CCC(C(F)(F)F)CC5)c(OCC(F)F)nc4n3C)c2)s1. The van der Waals surface area contributed by atoms with Gasteiger partial charge in [0.25, 0.3) is 18.2 Å². The summed E-state index contributed by atoms with van der Waals surface area (Å²) < 4.78 is 114. The van der Waals surface area contributed by atoms with Gasteiger partial charge in [0.1, 0.15) is 21.8 Å². The molecule has 4 aromatic rings. The molecule has 9 nitrogen and oxygen atoms in total. The molecule has 1 saturated carbocycles. The van der Waals surface area contributed by atoms with Crippen molar-refractivity contribution in [2.24, 2.45) is 13.0 Å². The molecule has 1 fully saturated rings. The highest BCUT2D eigenvalue weighted by Gasteiger charge is 2.42. The molecule has 5 rings (SSSR count). The molecule has 0 spiro atoms. The molecule has 2 amide bonds. The van der Waals surface area contributed by atoms with Crippen LogP contribution in [0.4, 0.5) is 35.1 Å². The summed E-state index contributed by atoms with van der Waals surface area (Å²) in [6, 6.07) is 4.03. The van der Waals surface area contributed by atoms with E-state index in [0.717, 1.165) is 6.07 Å². The van der Waals surface area contributed by atoms with Gasteiger partial charge in [0.15, 0.2) is 12.3 Å². The van der Waals surface area contributed by atoms with E-state index in [1.165, 1.54) is 41.2 Å². The number of ether oxygens (including phenoxy) is 1. The van der Waals surface area contributed by atoms with E-state index < -0.39 is 60.6 Å². The smallest absolute Gasteiger partial charge is 0.416 e. The molecular weight excluding hydrogens is 700 g/mol. The summed E-state index contributed by atoms with van der Waals surface area (Å²) in [7, 11) is 1.45. The Morgan fingerprint density at radius 1 is 1.00 bits per heavy atom.